The van der Waals surface area contributed by atoms with Gasteiger partial charge in [-0.3, -0.25) is 9.13 Å². The van der Waals surface area contributed by atoms with Crippen LogP contribution in [0.15, 0.2) is 369 Å². The summed E-state index contributed by atoms with van der Waals surface area (Å²) in [5.41, 5.74) is 22.7. The van der Waals surface area contributed by atoms with E-state index in [1.54, 1.807) is 6.20 Å². The van der Waals surface area contributed by atoms with Crippen LogP contribution in [0.5, 0.6) is 0 Å². The highest BCUT2D eigenvalue weighted by molar-refractivity contribution is 9.10. The van der Waals surface area contributed by atoms with Crippen LogP contribution in [0.25, 0.3) is 56.5 Å². The van der Waals surface area contributed by atoms with Gasteiger partial charge in [0.15, 0.2) is 11.3 Å². The number of hydrogen-bond acceptors (Lipinski definition) is 6. The van der Waals surface area contributed by atoms with Crippen molar-refractivity contribution >= 4 is 66.7 Å². The predicted molar refractivity (Wildman–Crippen MR) is 398 cm³/mol. The summed E-state index contributed by atoms with van der Waals surface area (Å²) >= 11 is 3.48. The fourth-order valence-corrected chi connectivity index (χ4v) is 14.5. The van der Waals surface area contributed by atoms with Gasteiger partial charge in [0, 0.05) is 56.4 Å². The zero-order chi connectivity index (χ0) is 63.6. The lowest BCUT2D eigenvalue weighted by Crippen LogP contribution is -2.37. The van der Waals surface area contributed by atoms with Crippen molar-refractivity contribution in [3.8, 4) is 34.2 Å². The first-order valence-electron chi connectivity index (χ1n) is 31.9. The first kappa shape index (κ1) is 60.2. The van der Waals surface area contributed by atoms with Crippen molar-refractivity contribution < 1.29 is 0 Å². The Balaban J connectivity index is 0.000000130. The lowest BCUT2D eigenvalue weighted by Gasteiger charge is -2.46. The summed E-state index contributed by atoms with van der Waals surface area (Å²) in [5, 5.41) is 3.63. The zero-order valence-electron chi connectivity index (χ0n) is 51.6. The smallest absolute Gasteiger partial charge is 0.164 e. The molecule has 8 nitrogen and oxygen atoms in total. The van der Waals surface area contributed by atoms with Gasteiger partial charge in [0.2, 0.25) is 0 Å². The molecule has 1 N–H and O–H groups in total. The van der Waals surface area contributed by atoms with Gasteiger partial charge in [-0.2, -0.15) is 0 Å². The molecule has 96 heavy (non-hydrogen) atoms. The lowest BCUT2D eigenvalue weighted by atomic mass is 9.62. The summed E-state index contributed by atoms with van der Waals surface area (Å²) in [4.78, 5) is 21.4. The van der Waals surface area contributed by atoms with Crippen molar-refractivity contribution in [1.29, 1.82) is 0 Å². The number of fused-ring (bicyclic) bond motifs is 6. The molecule has 0 bridgehead atoms. The molecule has 4 aromatic heterocycles. The average molecular weight is 1300 g/mol. The van der Waals surface area contributed by atoms with Crippen molar-refractivity contribution in [3.63, 3.8) is 0 Å². The van der Waals surface area contributed by atoms with Crippen LogP contribution in [-0.2, 0) is 10.8 Å². The van der Waals surface area contributed by atoms with Crippen LogP contribution in [-0.4, -0.2) is 29.1 Å². The topological polar surface area (TPSA) is 76.7 Å². The molecule has 0 radical (unpaired) electrons. The Bertz CT molecular complexity index is 5160. The molecule has 12 aromatic carbocycles. The van der Waals surface area contributed by atoms with E-state index in [9.17, 15) is 0 Å². The van der Waals surface area contributed by atoms with Gasteiger partial charge >= 0.3 is 0 Å². The number of hydrogen-bond donors (Lipinski definition) is 1. The van der Waals surface area contributed by atoms with Crippen molar-refractivity contribution in [2.45, 2.75) is 18.3 Å². The van der Waals surface area contributed by atoms with E-state index in [4.69, 9.17) is 15.0 Å². The molecule has 2 aliphatic heterocycles. The molecule has 0 fully saturated rings. The molecule has 0 spiro atoms. The Labute approximate surface area is 568 Å². The van der Waals surface area contributed by atoms with Gasteiger partial charge in [-0.15, -0.1) is 0 Å². The van der Waals surface area contributed by atoms with Crippen LogP contribution in [0.4, 0.5) is 28.4 Å². The van der Waals surface area contributed by atoms with E-state index in [1.807, 2.05) is 79.0 Å². The Morgan fingerprint density at radius 3 is 1.01 bits per heavy atom. The predicted octanol–water partition coefficient (Wildman–Crippen LogP) is 21.9. The van der Waals surface area contributed by atoms with Crippen LogP contribution in [0.3, 0.4) is 0 Å². The van der Waals surface area contributed by atoms with Crippen LogP contribution in [0.1, 0.15) is 51.9 Å². The summed E-state index contributed by atoms with van der Waals surface area (Å²) in [6.45, 7) is 0. The molecule has 2 aliphatic rings. The minimum atomic E-state index is -0.486. The summed E-state index contributed by atoms with van der Waals surface area (Å²) in [6, 6.07) is 124. The van der Waals surface area contributed by atoms with Gasteiger partial charge in [-0.05, 0) is 154 Å². The molecule has 18 rings (SSSR count). The number of aromatic nitrogens is 6. The van der Waals surface area contributed by atoms with E-state index in [0.29, 0.717) is 0 Å². The fourth-order valence-electron chi connectivity index (χ4n) is 14.2. The number of nitrogens with zero attached hydrogens (tertiary/aromatic N) is 7. The van der Waals surface area contributed by atoms with E-state index in [1.165, 1.54) is 55.9 Å². The molecule has 460 valence electrons. The maximum absolute atomic E-state index is 5.05. The van der Waals surface area contributed by atoms with Crippen LogP contribution in [0.2, 0.25) is 0 Å². The van der Waals surface area contributed by atoms with Crippen LogP contribution < -0.4 is 10.2 Å². The maximum Gasteiger partial charge on any atom is 0.164 e. The van der Waals surface area contributed by atoms with E-state index >= 15 is 0 Å². The number of rotatable bonds is 9. The third kappa shape index (κ3) is 10.5. The Morgan fingerprint density at radius 2 is 0.615 bits per heavy atom. The van der Waals surface area contributed by atoms with Crippen molar-refractivity contribution in [3.05, 3.63) is 413 Å². The molecule has 0 unspecified atom stereocenters. The molecule has 0 atom stereocenters. The van der Waals surface area contributed by atoms with Crippen LogP contribution in [0, 0.1) is 0 Å². The van der Waals surface area contributed by atoms with Gasteiger partial charge in [0.1, 0.15) is 22.7 Å². The number of nitrogens with one attached hydrogen (secondary N) is 1. The Hall–Kier alpha value is -12.0. The Morgan fingerprint density at radius 1 is 0.292 bits per heavy atom. The average Bonchev–Trinajstić information content (AvgIpc) is 0.887. The number of para-hydroxylation sites is 6. The van der Waals surface area contributed by atoms with E-state index in [-0.39, 0.29) is 12.8 Å². The van der Waals surface area contributed by atoms with E-state index in [2.05, 4.69) is 319 Å². The van der Waals surface area contributed by atoms with Crippen molar-refractivity contribution in [1.82, 2.24) is 29.1 Å². The highest BCUT2D eigenvalue weighted by Gasteiger charge is 2.47. The molecule has 9 heteroatoms. The summed E-state index contributed by atoms with van der Waals surface area (Å²) < 4.78 is 5.29. The van der Waals surface area contributed by atoms with Gasteiger partial charge in [0.05, 0.1) is 22.2 Å². The molecule has 0 amide bonds. The monoisotopic (exact) mass is 1300 g/mol. The second-order valence-electron chi connectivity index (χ2n) is 23.5. The van der Waals surface area contributed by atoms with Crippen molar-refractivity contribution in [2.24, 2.45) is 0 Å². The van der Waals surface area contributed by atoms with Crippen molar-refractivity contribution in [2.75, 3.05) is 10.2 Å². The second kappa shape index (κ2) is 26.2. The number of imidazole rings is 2. The first-order valence-corrected chi connectivity index (χ1v) is 32.7. The molecule has 0 saturated heterocycles. The van der Waals surface area contributed by atoms with Gasteiger partial charge in [0.25, 0.3) is 0 Å². The van der Waals surface area contributed by atoms with Gasteiger partial charge in [-0.25, -0.2) is 19.9 Å². The molecule has 16 aromatic rings. The quantitative estimate of drug-likeness (QED) is 0.155. The van der Waals surface area contributed by atoms with E-state index < -0.39 is 5.41 Å². The first-order chi connectivity index (χ1) is 47.1. The molecular weight excluding hydrogens is 1240 g/mol. The SMILES string of the molecule is Brc1ccc(-c2nc3cccnc3n2-c2ccccc2)cc1.C.c1ccc(-n2c(-c3ccc(N4c5ccccc5C(c5ccccc5)(c5ccccc5)c5ccccc54)cc3)nc3cccnc32)cc1.c1ccc(C2(c3ccccc3)c3ccccc3Nc3ccccc32)cc1. The normalized spacial score (nSPS) is 12.8. The maximum atomic E-state index is 5.05. The zero-order valence-corrected chi connectivity index (χ0v) is 53.2. The minimum Gasteiger partial charge on any atom is -0.355 e. The largest absolute Gasteiger partial charge is 0.355 e. The highest BCUT2D eigenvalue weighted by Crippen LogP contribution is 2.58. The van der Waals surface area contributed by atoms with Gasteiger partial charge in [-0.1, -0.05) is 266 Å². The minimum absolute atomic E-state index is 0. The highest BCUT2D eigenvalue weighted by atomic mass is 79.9. The Kier molecular flexibility index (Phi) is 16.4. The second-order valence-corrected chi connectivity index (χ2v) is 24.4. The van der Waals surface area contributed by atoms with Crippen LogP contribution >= 0.6 is 15.9 Å². The number of halogens is 1. The third-order valence-corrected chi connectivity index (χ3v) is 18.7. The number of anilines is 5. The van der Waals surface area contributed by atoms with Gasteiger partial charge < -0.3 is 10.2 Å². The summed E-state index contributed by atoms with van der Waals surface area (Å²) in [5.74, 6) is 1.76. The fraction of sp³-hybridized carbons (Fsp3) is 0.0345. The molecular formula is C87H65BrN8. The summed E-state index contributed by atoms with van der Waals surface area (Å²) in [7, 11) is 0. The lowest BCUT2D eigenvalue weighted by molar-refractivity contribution is 0.731. The molecule has 6 heterocycles. The summed E-state index contributed by atoms with van der Waals surface area (Å²) in [6.07, 6.45) is 3.63. The third-order valence-electron chi connectivity index (χ3n) is 18.2. The van der Waals surface area contributed by atoms with E-state index in [0.717, 1.165) is 78.0 Å². The number of benzene rings is 12. The molecule has 0 aliphatic carbocycles. The number of pyridine rings is 2. The standard InChI is InChI=1S/C43H30N4.C25H19N.C18H12BrN3.CH4/c1-4-15-32(16-5-1)43(33-17-6-2-7-18-33)36-21-10-12-24-39(36)46(40-25-13-11-22-37(40)43)35-28-26-31(27-29-35)41-45-38-23-14-30-44-42(38)47(41)34-19-8-3-9-20-34;1-3-11-19(12-4-1)25(20-13-5-2-6-14-20)21-15-7-9-17-23(21)26-24-18-10-8-16-22(24)25;19-14-10-8-13(9-11-14)17-21-16-7-4-12-20-18(16)22(17)15-5-2-1-3-6-15;/h1-30H;1-18,26H;1-12H;1H4. The molecule has 0 saturated carbocycles.